The highest BCUT2D eigenvalue weighted by Gasteiger charge is 2.29. The first-order valence-corrected chi connectivity index (χ1v) is 8.11. The summed E-state index contributed by atoms with van der Waals surface area (Å²) in [6, 6.07) is 5.19. The van der Waals surface area contributed by atoms with Gasteiger partial charge in [0.2, 0.25) is 0 Å². The molecule has 0 atom stereocenters. The van der Waals surface area contributed by atoms with Gasteiger partial charge in [-0.1, -0.05) is 12.1 Å². The van der Waals surface area contributed by atoms with Crippen LogP contribution in [0.25, 0.3) is 10.4 Å². The molecule has 0 unspecified atom stereocenters. The maximum atomic E-state index is 11.9. The van der Waals surface area contributed by atoms with Crippen molar-refractivity contribution in [2.45, 2.75) is 19.8 Å². The molecule has 120 valence electrons. The Labute approximate surface area is 137 Å². The number of benzene rings is 1. The van der Waals surface area contributed by atoms with E-state index in [1.54, 1.807) is 0 Å². The number of hydrogen-bond acceptors (Lipinski definition) is 4. The Morgan fingerprint density at radius 3 is 2.74 bits per heavy atom. The zero-order chi connectivity index (χ0) is 16.6. The smallest absolute Gasteiger partial charge is 0.317 e. The van der Waals surface area contributed by atoms with E-state index in [1.165, 1.54) is 11.3 Å². The third-order valence-electron chi connectivity index (χ3n) is 3.77. The summed E-state index contributed by atoms with van der Waals surface area (Å²) in [5, 5.41) is 2.91. The molecule has 1 aromatic heterocycles. The first-order chi connectivity index (χ1) is 11.0. The van der Waals surface area contributed by atoms with E-state index >= 15 is 0 Å². The van der Waals surface area contributed by atoms with Crippen LogP contribution in [0.1, 0.15) is 28.4 Å². The molecule has 1 aromatic carbocycles. The highest BCUT2D eigenvalue weighted by atomic mass is 32.1. The molecule has 1 heterocycles. The maximum absolute atomic E-state index is 11.9. The molecule has 0 fully saturated rings. The molecule has 3 rings (SSSR count). The average molecular weight is 331 g/mol. The second-order valence-electron chi connectivity index (χ2n) is 5.19. The molecule has 6 nitrogen and oxygen atoms in total. The van der Waals surface area contributed by atoms with E-state index in [4.69, 9.17) is 16.2 Å². The summed E-state index contributed by atoms with van der Waals surface area (Å²) >= 11 is 1.31. The van der Waals surface area contributed by atoms with E-state index in [2.05, 4.69) is 5.32 Å². The minimum absolute atomic E-state index is 0.348. The highest BCUT2D eigenvalue weighted by molar-refractivity contribution is 7.20. The lowest BCUT2D eigenvalue weighted by molar-refractivity contribution is 0.100. The fraction of sp³-hybridized carbons (Fsp3) is 0.250. The van der Waals surface area contributed by atoms with Gasteiger partial charge in [0, 0.05) is 10.4 Å². The topological polar surface area (TPSA) is 107 Å². The van der Waals surface area contributed by atoms with Crippen molar-refractivity contribution < 1.29 is 14.3 Å². The van der Waals surface area contributed by atoms with E-state index in [1.807, 2.05) is 25.1 Å². The number of nitrogens with two attached hydrogens (primary N) is 2. The van der Waals surface area contributed by atoms with Crippen molar-refractivity contribution in [1.82, 2.24) is 0 Å². The number of primary amides is 2. The molecule has 0 spiro atoms. The molecular formula is C16H17N3O3S. The van der Waals surface area contributed by atoms with Gasteiger partial charge in [-0.3, -0.25) is 10.1 Å². The molecular weight excluding hydrogens is 314 g/mol. The number of urea groups is 1. The molecule has 0 bridgehead atoms. The number of hydrogen-bond donors (Lipinski definition) is 3. The van der Waals surface area contributed by atoms with Gasteiger partial charge in [0.15, 0.2) is 0 Å². The molecule has 1 aliphatic carbocycles. The van der Waals surface area contributed by atoms with Gasteiger partial charge in [-0.05, 0) is 37.0 Å². The van der Waals surface area contributed by atoms with Crippen molar-refractivity contribution >= 4 is 28.3 Å². The molecule has 0 saturated carbocycles. The lowest BCUT2D eigenvalue weighted by Crippen LogP contribution is -2.22. The molecule has 7 heteroatoms. The minimum Gasteiger partial charge on any atom is -0.493 e. The number of amides is 3. The van der Waals surface area contributed by atoms with Gasteiger partial charge < -0.3 is 16.2 Å². The second-order valence-corrected chi connectivity index (χ2v) is 6.21. The van der Waals surface area contributed by atoms with Gasteiger partial charge in [-0.25, -0.2) is 4.79 Å². The van der Waals surface area contributed by atoms with Crippen LogP contribution in [-0.2, 0) is 12.8 Å². The molecule has 0 saturated heterocycles. The van der Waals surface area contributed by atoms with Gasteiger partial charge >= 0.3 is 6.03 Å². The van der Waals surface area contributed by atoms with Gasteiger partial charge in [-0.15, -0.1) is 11.3 Å². The van der Waals surface area contributed by atoms with Gasteiger partial charge in [0.25, 0.3) is 5.91 Å². The van der Waals surface area contributed by atoms with Crippen molar-refractivity contribution in [3.63, 3.8) is 0 Å². The highest BCUT2D eigenvalue weighted by Crippen LogP contribution is 2.48. The maximum Gasteiger partial charge on any atom is 0.317 e. The van der Waals surface area contributed by atoms with Crippen LogP contribution in [0.15, 0.2) is 18.2 Å². The number of carbonyl (C=O) groups excluding carboxylic acids is 2. The van der Waals surface area contributed by atoms with Gasteiger partial charge in [-0.2, -0.15) is 0 Å². The lowest BCUT2D eigenvalue weighted by atomic mass is 9.88. The van der Waals surface area contributed by atoms with Crippen molar-refractivity contribution in [1.29, 1.82) is 0 Å². The molecule has 5 N–H and O–H groups in total. The van der Waals surface area contributed by atoms with E-state index < -0.39 is 11.9 Å². The zero-order valence-electron chi connectivity index (χ0n) is 12.6. The second kappa shape index (κ2) is 5.92. The zero-order valence-corrected chi connectivity index (χ0v) is 13.5. The number of thiophene rings is 1. The molecule has 1 aliphatic rings. The third kappa shape index (κ3) is 2.63. The first kappa shape index (κ1) is 15.4. The number of anilines is 1. The van der Waals surface area contributed by atoms with Crippen molar-refractivity contribution in [2.75, 3.05) is 11.9 Å². The van der Waals surface area contributed by atoms with Crippen LogP contribution >= 0.6 is 11.3 Å². The predicted molar refractivity (Wildman–Crippen MR) is 90.1 cm³/mol. The molecule has 23 heavy (non-hydrogen) atoms. The number of carbonyl (C=O) groups is 2. The fourth-order valence-corrected chi connectivity index (χ4v) is 4.29. The molecule has 2 aromatic rings. The van der Waals surface area contributed by atoms with Crippen LogP contribution in [0.4, 0.5) is 9.80 Å². The van der Waals surface area contributed by atoms with Crippen molar-refractivity contribution in [3.8, 4) is 16.2 Å². The molecule has 3 amide bonds. The molecule has 0 radical (unpaired) electrons. The molecule has 0 aliphatic heterocycles. The SMILES string of the molecule is CCOc1cccc2c1-c1sc(NC(N)=O)c(C(N)=O)c1CC2. The van der Waals surface area contributed by atoms with Crippen LogP contribution in [-0.4, -0.2) is 18.5 Å². The summed E-state index contributed by atoms with van der Waals surface area (Å²) in [6.45, 7) is 2.47. The van der Waals surface area contributed by atoms with Crippen LogP contribution in [0, 0.1) is 0 Å². The van der Waals surface area contributed by atoms with E-state index in [0.29, 0.717) is 23.6 Å². The van der Waals surface area contributed by atoms with Crippen molar-refractivity contribution in [2.24, 2.45) is 11.5 Å². The predicted octanol–water partition coefficient (Wildman–Crippen LogP) is 2.50. The number of fused-ring (bicyclic) bond motifs is 3. The summed E-state index contributed by atoms with van der Waals surface area (Å²) in [6.07, 6.45) is 1.48. The third-order valence-corrected chi connectivity index (χ3v) is 4.94. The quantitative estimate of drug-likeness (QED) is 0.801. The summed E-state index contributed by atoms with van der Waals surface area (Å²) in [5.74, 6) is 0.206. The van der Waals surface area contributed by atoms with Crippen LogP contribution in [0.3, 0.4) is 0 Å². The number of ether oxygens (including phenoxy) is 1. The van der Waals surface area contributed by atoms with E-state index in [-0.39, 0.29) is 0 Å². The van der Waals surface area contributed by atoms with E-state index in [0.717, 1.165) is 33.7 Å². The number of nitrogens with one attached hydrogen (secondary N) is 1. The largest absolute Gasteiger partial charge is 0.493 e. The summed E-state index contributed by atoms with van der Waals surface area (Å²) in [7, 11) is 0. The van der Waals surface area contributed by atoms with Gasteiger partial charge in [0.1, 0.15) is 10.8 Å². The Kier molecular flexibility index (Phi) is 3.96. The number of aryl methyl sites for hydroxylation is 1. The minimum atomic E-state index is -0.718. The Bertz CT molecular complexity index is 798. The Hall–Kier alpha value is -2.54. The lowest BCUT2D eigenvalue weighted by Gasteiger charge is -2.20. The average Bonchev–Trinajstić information content (AvgIpc) is 2.84. The van der Waals surface area contributed by atoms with Crippen LogP contribution in [0.5, 0.6) is 5.75 Å². The summed E-state index contributed by atoms with van der Waals surface area (Å²) < 4.78 is 5.73. The Morgan fingerprint density at radius 1 is 1.30 bits per heavy atom. The Morgan fingerprint density at radius 2 is 2.09 bits per heavy atom. The van der Waals surface area contributed by atoms with Crippen LogP contribution < -0.4 is 21.5 Å². The monoisotopic (exact) mass is 331 g/mol. The fourth-order valence-electron chi connectivity index (χ4n) is 2.94. The summed E-state index contributed by atoms with van der Waals surface area (Å²) in [5.41, 5.74) is 14.1. The van der Waals surface area contributed by atoms with Gasteiger partial charge in [0.05, 0.1) is 12.2 Å². The first-order valence-electron chi connectivity index (χ1n) is 7.29. The van der Waals surface area contributed by atoms with E-state index in [9.17, 15) is 9.59 Å². The standard InChI is InChI=1S/C16H17N3O3S/c1-2-22-10-5-3-4-8-6-7-9-12(14(17)20)15(19-16(18)21)23-13(9)11(8)10/h3-5H,2,6-7H2,1H3,(H2,17,20)(H3,18,19,21). The van der Waals surface area contributed by atoms with Crippen molar-refractivity contribution in [3.05, 3.63) is 34.9 Å². The number of rotatable bonds is 4. The normalized spacial score (nSPS) is 12.2. The Balaban J connectivity index is 2.23. The van der Waals surface area contributed by atoms with Crippen LogP contribution in [0.2, 0.25) is 0 Å². The summed E-state index contributed by atoms with van der Waals surface area (Å²) in [4.78, 5) is 24.0.